The molecule has 0 amide bonds. The summed E-state index contributed by atoms with van der Waals surface area (Å²) in [7, 11) is -3.49. The third-order valence-corrected chi connectivity index (χ3v) is 8.34. The zero-order valence-corrected chi connectivity index (χ0v) is 19.2. The van der Waals surface area contributed by atoms with Crippen LogP contribution in [0.2, 0.25) is 0 Å². The molecule has 0 saturated carbocycles. The zero-order chi connectivity index (χ0) is 21.2. The van der Waals surface area contributed by atoms with Crippen molar-refractivity contribution in [3.05, 3.63) is 63.2 Å². The number of unbranched alkanes of at least 4 members (excludes halogenated alkanes) is 1. The molecule has 0 aromatic heterocycles. The molecule has 3 rings (SSSR count). The molecule has 0 radical (unpaired) electrons. The lowest BCUT2D eigenvalue weighted by molar-refractivity contribution is 0.249. The van der Waals surface area contributed by atoms with E-state index in [-0.39, 0.29) is 0 Å². The Morgan fingerprint density at radius 2 is 1.45 bits per heavy atom. The predicted octanol–water partition coefficient (Wildman–Crippen LogP) is 4.35. The molecule has 0 fully saturated rings. The minimum absolute atomic E-state index is 0.464. The highest BCUT2D eigenvalue weighted by atomic mass is 32.2. The molecule has 0 atom stereocenters. The first-order valence-electron chi connectivity index (χ1n) is 10.6. The Bertz CT molecular complexity index is 967. The molecule has 0 unspecified atom stereocenters. The van der Waals surface area contributed by atoms with Crippen molar-refractivity contribution in [2.75, 3.05) is 19.6 Å². The number of fused-ring (bicyclic) bond motifs is 1. The molecule has 1 heterocycles. The van der Waals surface area contributed by atoms with Crippen molar-refractivity contribution in [2.24, 2.45) is 0 Å². The van der Waals surface area contributed by atoms with Crippen LogP contribution in [0, 0.1) is 34.6 Å². The van der Waals surface area contributed by atoms with E-state index >= 15 is 0 Å². The van der Waals surface area contributed by atoms with Crippen molar-refractivity contribution >= 4 is 10.0 Å². The highest BCUT2D eigenvalue weighted by Crippen LogP contribution is 2.29. The van der Waals surface area contributed by atoms with Gasteiger partial charge in [0, 0.05) is 19.6 Å². The molecule has 1 aliphatic rings. The molecule has 29 heavy (non-hydrogen) atoms. The molecular formula is C24H34N2O2S. The summed E-state index contributed by atoms with van der Waals surface area (Å²) < 4.78 is 28.8. The van der Waals surface area contributed by atoms with Crippen molar-refractivity contribution in [1.82, 2.24) is 9.62 Å². The third kappa shape index (κ3) is 4.73. The van der Waals surface area contributed by atoms with Crippen LogP contribution in [0.25, 0.3) is 0 Å². The van der Waals surface area contributed by atoms with Crippen LogP contribution in [0.1, 0.15) is 51.8 Å². The Morgan fingerprint density at radius 3 is 2.10 bits per heavy atom. The maximum absolute atomic E-state index is 13.0. The number of rotatable bonds is 7. The van der Waals surface area contributed by atoms with E-state index in [1.54, 1.807) is 0 Å². The van der Waals surface area contributed by atoms with Gasteiger partial charge in [0.25, 0.3) is 0 Å². The quantitative estimate of drug-likeness (QED) is 0.686. The van der Waals surface area contributed by atoms with Crippen LogP contribution in [-0.4, -0.2) is 33.0 Å². The normalized spacial score (nSPS) is 14.8. The van der Waals surface area contributed by atoms with Crippen molar-refractivity contribution in [1.29, 1.82) is 0 Å². The maximum Gasteiger partial charge on any atom is 0.241 e. The van der Waals surface area contributed by atoms with Gasteiger partial charge in [0.05, 0.1) is 4.90 Å². The van der Waals surface area contributed by atoms with Gasteiger partial charge in [0.2, 0.25) is 10.0 Å². The molecule has 0 saturated heterocycles. The summed E-state index contributed by atoms with van der Waals surface area (Å²) in [5.74, 6) is 0. The van der Waals surface area contributed by atoms with Gasteiger partial charge >= 0.3 is 0 Å². The van der Waals surface area contributed by atoms with E-state index in [4.69, 9.17) is 0 Å². The largest absolute Gasteiger partial charge is 0.299 e. The van der Waals surface area contributed by atoms with E-state index < -0.39 is 10.0 Å². The Morgan fingerprint density at radius 1 is 0.862 bits per heavy atom. The Balaban J connectivity index is 1.54. The van der Waals surface area contributed by atoms with Gasteiger partial charge in [-0.05, 0) is 99.4 Å². The van der Waals surface area contributed by atoms with Crippen molar-refractivity contribution in [2.45, 2.75) is 65.3 Å². The highest BCUT2D eigenvalue weighted by Gasteiger charge is 2.23. The van der Waals surface area contributed by atoms with Gasteiger partial charge in [-0.1, -0.05) is 24.3 Å². The molecule has 0 bridgehead atoms. The van der Waals surface area contributed by atoms with Crippen LogP contribution in [-0.2, 0) is 23.0 Å². The fourth-order valence-electron chi connectivity index (χ4n) is 4.35. The summed E-state index contributed by atoms with van der Waals surface area (Å²) in [4.78, 5) is 2.93. The first kappa shape index (κ1) is 22.0. The smallest absolute Gasteiger partial charge is 0.241 e. The predicted molar refractivity (Wildman–Crippen MR) is 120 cm³/mol. The fourth-order valence-corrected chi connectivity index (χ4v) is 6.02. The highest BCUT2D eigenvalue weighted by molar-refractivity contribution is 7.89. The minimum atomic E-state index is -3.49. The van der Waals surface area contributed by atoms with Crippen LogP contribution in [0.5, 0.6) is 0 Å². The second-order valence-electron chi connectivity index (χ2n) is 8.35. The lowest BCUT2D eigenvalue weighted by Crippen LogP contribution is -2.32. The number of nitrogens with zero attached hydrogens (tertiary/aromatic N) is 1. The Hall–Kier alpha value is -1.69. The summed E-state index contributed by atoms with van der Waals surface area (Å²) in [6.07, 6.45) is 2.95. The van der Waals surface area contributed by atoms with Gasteiger partial charge < -0.3 is 0 Å². The van der Waals surface area contributed by atoms with Crippen molar-refractivity contribution < 1.29 is 8.42 Å². The number of nitrogens with one attached hydrogen (secondary N) is 1. The van der Waals surface area contributed by atoms with Gasteiger partial charge in [-0.15, -0.1) is 0 Å². The molecule has 4 nitrogen and oxygen atoms in total. The lowest BCUT2D eigenvalue weighted by atomic mass is 9.95. The van der Waals surface area contributed by atoms with E-state index in [0.29, 0.717) is 11.4 Å². The second kappa shape index (κ2) is 8.99. The summed E-state index contributed by atoms with van der Waals surface area (Å²) >= 11 is 0. The van der Waals surface area contributed by atoms with Crippen molar-refractivity contribution in [3.8, 4) is 0 Å². The van der Waals surface area contributed by atoms with E-state index in [2.05, 4.69) is 40.8 Å². The molecule has 1 N–H and O–H groups in total. The standard InChI is InChI=1S/C24H34N2O2S/c1-17-18(2)20(4)24(21(5)19(17)3)29(27,28)25-13-8-9-14-26-15-12-22-10-6-7-11-23(22)16-26/h6-7,10-11,25H,8-9,12-16H2,1-5H3. The summed E-state index contributed by atoms with van der Waals surface area (Å²) in [6, 6.07) is 8.66. The van der Waals surface area contributed by atoms with Gasteiger partial charge in [0.15, 0.2) is 0 Å². The molecule has 0 spiro atoms. The molecule has 158 valence electrons. The number of benzene rings is 2. The van der Waals surface area contributed by atoms with Gasteiger partial charge in [-0.2, -0.15) is 0 Å². The Kier molecular flexibility index (Phi) is 6.82. The van der Waals surface area contributed by atoms with Gasteiger partial charge in [-0.3, -0.25) is 4.90 Å². The number of sulfonamides is 1. The van der Waals surface area contributed by atoms with Gasteiger partial charge in [0.1, 0.15) is 0 Å². The van der Waals surface area contributed by atoms with Crippen molar-refractivity contribution in [3.63, 3.8) is 0 Å². The maximum atomic E-state index is 13.0. The SMILES string of the molecule is Cc1c(C)c(C)c(S(=O)(=O)NCCCCN2CCc3ccccc3C2)c(C)c1C. The fraction of sp³-hybridized carbons (Fsp3) is 0.500. The van der Waals surface area contributed by atoms with E-state index in [9.17, 15) is 8.42 Å². The number of hydrogen-bond donors (Lipinski definition) is 1. The van der Waals surface area contributed by atoms with Crippen LogP contribution >= 0.6 is 0 Å². The van der Waals surface area contributed by atoms with Crippen LogP contribution in [0.4, 0.5) is 0 Å². The molecule has 5 heteroatoms. The first-order chi connectivity index (χ1) is 13.7. The molecular weight excluding hydrogens is 380 g/mol. The molecule has 2 aromatic carbocycles. The average Bonchev–Trinajstić information content (AvgIpc) is 2.70. The minimum Gasteiger partial charge on any atom is -0.299 e. The summed E-state index contributed by atoms with van der Waals surface area (Å²) in [5.41, 5.74) is 7.94. The van der Waals surface area contributed by atoms with Gasteiger partial charge in [-0.25, -0.2) is 13.1 Å². The van der Waals surface area contributed by atoms with E-state index in [1.807, 2.05) is 27.7 Å². The van der Waals surface area contributed by atoms with E-state index in [0.717, 1.165) is 61.2 Å². The summed E-state index contributed by atoms with van der Waals surface area (Å²) in [6.45, 7) is 13.5. The monoisotopic (exact) mass is 414 g/mol. The third-order valence-electron chi connectivity index (χ3n) is 6.60. The molecule has 0 aliphatic carbocycles. The molecule has 1 aliphatic heterocycles. The second-order valence-corrected chi connectivity index (χ2v) is 10.1. The average molecular weight is 415 g/mol. The lowest BCUT2D eigenvalue weighted by Gasteiger charge is -2.28. The number of hydrogen-bond acceptors (Lipinski definition) is 3. The van der Waals surface area contributed by atoms with Crippen LogP contribution in [0.15, 0.2) is 29.2 Å². The van der Waals surface area contributed by atoms with E-state index in [1.165, 1.54) is 16.7 Å². The summed E-state index contributed by atoms with van der Waals surface area (Å²) in [5, 5.41) is 0. The first-order valence-corrected chi connectivity index (χ1v) is 12.1. The Labute approximate surface area is 176 Å². The molecule has 2 aromatic rings. The van der Waals surface area contributed by atoms with Crippen LogP contribution < -0.4 is 4.72 Å². The topological polar surface area (TPSA) is 49.4 Å². The zero-order valence-electron chi connectivity index (χ0n) is 18.4. The van der Waals surface area contributed by atoms with Crippen LogP contribution in [0.3, 0.4) is 0 Å².